The van der Waals surface area contributed by atoms with Crippen molar-refractivity contribution in [3.8, 4) is 11.4 Å². The molecular formula is C17H18N6O3. The summed E-state index contributed by atoms with van der Waals surface area (Å²) >= 11 is 0. The molecule has 134 valence electrons. The Morgan fingerprint density at radius 3 is 2.85 bits per heavy atom. The molecule has 1 saturated heterocycles. The Morgan fingerprint density at radius 1 is 1.23 bits per heavy atom. The number of carbonyl (C=O) groups is 1. The maximum Gasteiger partial charge on any atom is 0.290 e. The molecule has 0 aliphatic carbocycles. The zero-order chi connectivity index (χ0) is 17.8. The van der Waals surface area contributed by atoms with Crippen LogP contribution in [0.1, 0.15) is 16.4 Å². The number of H-pyrrole nitrogens is 1. The molecule has 3 heterocycles. The number of hydrogen-bond donors (Lipinski definition) is 2. The second-order valence-corrected chi connectivity index (χ2v) is 5.80. The zero-order valence-corrected chi connectivity index (χ0v) is 14.0. The normalized spacial score (nSPS) is 14.4. The quantitative estimate of drug-likeness (QED) is 0.709. The average Bonchev–Trinajstić information content (AvgIpc) is 3.37. The van der Waals surface area contributed by atoms with Gasteiger partial charge in [0.2, 0.25) is 5.76 Å². The molecule has 9 nitrogen and oxygen atoms in total. The first-order valence-electron chi connectivity index (χ1n) is 8.34. The fourth-order valence-electron chi connectivity index (χ4n) is 2.66. The van der Waals surface area contributed by atoms with Crippen LogP contribution < -0.4 is 10.2 Å². The van der Waals surface area contributed by atoms with Crippen LogP contribution in [0.4, 0.5) is 5.82 Å². The van der Waals surface area contributed by atoms with Crippen molar-refractivity contribution in [1.29, 1.82) is 0 Å². The van der Waals surface area contributed by atoms with Gasteiger partial charge in [0.25, 0.3) is 5.91 Å². The molecule has 0 radical (unpaired) electrons. The lowest BCUT2D eigenvalue weighted by Gasteiger charge is -2.25. The number of aromatic amines is 1. The summed E-state index contributed by atoms with van der Waals surface area (Å²) in [4.78, 5) is 18.6. The lowest BCUT2D eigenvalue weighted by molar-refractivity contribution is 0.0912. The van der Waals surface area contributed by atoms with Crippen molar-refractivity contribution in [2.24, 2.45) is 0 Å². The highest BCUT2D eigenvalue weighted by Crippen LogP contribution is 2.16. The first-order chi connectivity index (χ1) is 12.8. The van der Waals surface area contributed by atoms with E-state index < -0.39 is 0 Å². The number of amides is 1. The van der Waals surface area contributed by atoms with Crippen LogP contribution in [0.5, 0.6) is 0 Å². The van der Waals surface area contributed by atoms with Crippen molar-refractivity contribution < 1.29 is 14.1 Å². The largest absolute Gasteiger partial charge is 0.378 e. The number of benzene rings is 1. The van der Waals surface area contributed by atoms with Crippen LogP contribution in [0.3, 0.4) is 0 Å². The van der Waals surface area contributed by atoms with Crippen molar-refractivity contribution in [3.05, 3.63) is 48.0 Å². The van der Waals surface area contributed by atoms with Gasteiger partial charge in [-0.2, -0.15) is 5.10 Å². The van der Waals surface area contributed by atoms with Gasteiger partial charge in [0, 0.05) is 24.7 Å². The minimum atomic E-state index is -0.352. The highest BCUT2D eigenvalue weighted by Gasteiger charge is 2.19. The fourth-order valence-corrected chi connectivity index (χ4v) is 2.66. The van der Waals surface area contributed by atoms with Crippen LogP contribution in [0.15, 0.2) is 40.9 Å². The number of aromatic nitrogens is 4. The molecule has 1 amide bonds. The molecule has 1 aliphatic rings. The standard InChI is InChI=1S/C17H18N6O3/c24-17(13-10-15(22-26-13)23-6-8-25-9-7-23)18-11-14-19-16(21-20-14)12-4-2-1-3-5-12/h1-5,10H,6-9,11H2,(H,18,24)(H,19,20,21). The number of anilines is 1. The topological polar surface area (TPSA) is 109 Å². The molecule has 2 N–H and O–H groups in total. The SMILES string of the molecule is O=C(NCc1nc(-c2ccccc2)n[nH]1)c1cc(N2CCOCC2)no1. The Balaban J connectivity index is 1.35. The first kappa shape index (κ1) is 16.3. The molecule has 1 aromatic carbocycles. The zero-order valence-electron chi connectivity index (χ0n) is 14.0. The van der Waals surface area contributed by atoms with Crippen molar-refractivity contribution >= 4 is 11.7 Å². The molecule has 0 spiro atoms. The van der Waals surface area contributed by atoms with Crippen LogP contribution in [-0.4, -0.2) is 52.5 Å². The minimum absolute atomic E-state index is 0.161. The van der Waals surface area contributed by atoms with E-state index in [-0.39, 0.29) is 18.2 Å². The molecule has 2 aromatic heterocycles. The molecule has 26 heavy (non-hydrogen) atoms. The average molecular weight is 354 g/mol. The molecule has 0 atom stereocenters. The molecule has 0 saturated carbocycles. The van der Waals surface area contributed by atoms with Gasteiger partial charge in [-0.15, -0.1) is 0 Å². The second-order valence-electron chi connectivity index (χ2n) is 5.80. The van der Waals surface area contributed by atoms with E-state index >= 15 is 0 Å². The van der Waals surface area contributed by atoms with E-state index in [1.54, 1.807) is 6.07 Å². The molecule has 1 fully saturated rings. The highest BCUT2D eigenvalue weighted by atomic mass is 16.5. The third-order valence-corrected chi connectivity index (χ3v) is 4.04. The van der Waals surface area contributed by atoms with E-state index in [1.165, 1.54) is 0 Å². The van der Waals surface area contributed by atoms with E-state index in [9.17, 15) is 4.79 Å². The number of hydrogen-bond acceptors (Lipinski definition) is 7. The van der Waals surface area contributed by atoms with E-state index in [1.807, 2.05) is 35.2 Å². The van der Waals surface area contributed by atoms with Gasteiger partial charge in [-0.25, -0.2) is 4.98 Å². The molecular weight excluding hydrogens is 336 g/mol. The maximum atomic E-state index is 12.2. The Labute approximate surface area is 149 Å². The summed E-state index contributed by atoms with van der Waals surface area (Å²) < 4.78 is 10.5. The predicted molar refractivity (Wildman–Crippen MR) is 92.5 cm³/mol. The predicted octanol–water partition coefficient (Wildman–Crippen LogP) is 1.23. The van der Waals surface area contributed by atoms with Gasteiger partial charge in [0.15, 0.2) is 11.6 Å². The molecule has 3 aromatic rings. The second kappa shape index (κ2) is 7.36. The molecule has 4 rings (SSSR count). The number of morpholine rings is 1. The Bertz CT molecular complexity index is 870. The lowest BCUT2D eigenvalue weighted by atomic mass is 10.2. The van der Waals surface area contributed by atoms with E-state index in [0.717, 1.165) is 18.7 Å². The maximum absolute atomic E-state index is 12.2. The molecule has 0 bridgehead atoms. The Morgan fingerprint density at radius 2 is 2.04 bits per heavy atom. The van der Waals surface area contributed by atoms with Gasteiger partial charge >= 0.3 is 0 Å². The van der Waals surface area contributed by atoms with Gasteiger partial charge in [-0.05, 0) is 0 Å². The van der Waals surface area contributed by atoms with Crippen LogP contribution in [0.25, 0.3) is 11.4 Å². The number of nitrogens with zero attached hydrogens (tertiary/aromatic N) is 4. The third-order valence-electron chi connectivity index (χ3n) is 4.04. The van der Waals surface area contributed by atoms with Gasteiger partial charge in [0.05, 0.1) is 19.8 Å². The fraction of sp³-hybridized carbons (Fsp3) is 0.294. The Kier molecular flexibility index (Phi) is 4.61. The summed E-state index contributed by atoms with van der Waals surface area (Å²) in [5.41, 5.74) is 0.909. The first-order valence-corrected chi connectivity index (χ1v) is 8.34. The molecule has 0 unspecified atom stereocenters. The molecule has 9 heteroatoms. The number of nitrogens with one attached hydrogen (secondary N) is 2. The summed E-state index contributed by atoms with van der Waals surface area (Å²) in [6, 6.07) is 11.3. The molecule has 1 aliphatic heterocycles. The van der Waals surface area contributed by atoms with E-state index in [0.29, 0.717) is 30.7 Å². The van der Waals surface area contributed by atoms with Crippen molar-refractivity contribution in [1.82, 2.24) is 25.7 Å². The summed E-state index contributed by atoms with van der Waals surface area (Å²) in [7, 11) is 0. The Hall–Kier alpha value is -3.20. The third kappa shape index (κ3) is 3.57. The van der Waals surface area contributed by atoms with Crippen LogP contribution in [-0.2, 0) is 11.3 Å². The van der Waals surface area contributed by atoms with Crippen molar-refractivity contribution in [3.63, 3.8) is 0 Å². The number of ether oxygens (including phenoxy) is 1. The summed E-state index contributed by atoms with van der Waals surface area (Å²) in [6.45, 7) is 2.96. The van der Waals surface area contributed by atoms with E-state index in [2.05, 4.69) is 25.7 Å². The number of carbonyl (C=O) groups excluding carboxylic acids is 1. The van der Waals surface area contributed by atoms with Crippen LogP contribution in [0.2, 0.25) is 0 Å². The lowest BCUT2D eigenvalue weighted by Crippen LogP contribution is -2.36. The smallest absolute Gasteiger partial charge is 0.290 e. The van der Waals surface area contributed by atoms with Gasteiger partial charge in [0.1, 0.15) is 5.82 Å². The summed E-state index contributed by atoms with van der Waals surface area (Å²) in [5.74, 6) is 1.60. The van der Waals surface area contributed by atoms with Gasteiger partial charge in [-0.3, -0.25) is 9.89 Å². The summed E-state index contributed by atoms with van der Waals surface area (Å²) in [5, 5.41) is 13.7. The van der Waals surface area contributed by atoms with Gasteiger partial charge < -0.3 is 19.5 Å². The monoisotopic (exact) mass is 354 g/mol. The summed E-state index contributed by atoms with van der Waals surface area (Å²) in [6.07, 6.45) is 0. The van der Waals surface area contributed by atoms with Crippen molar-refractivity contribution in [2.45, 2.75) is 6.54 Å². The van der Waals surface area contributed by atoms with Crippen LogP contribution in [0, 0.1) is 0 Å². The minimum Gasteiger partial charge on any atom is -0.378 e. The van der Waals surface area contributed by atoms with Crippen molar-refractivity contribution in [2.75, 3.05) is 31.2 Å². The number of rotatable bonds is 5. The van der Waals surface area contributed by atoms with E-state index in [4.69, 9.17) is 9.26 Å². The highest BCUT2D eigenvalue weighted by molar-refractivity contribution is 5.92. The van der Waals surface area contributed by atoms with Gasteiger partial charge in [-0.1, -0.05) is 35.5 Å². The van der Waals surface area contributed by atoms with Crippen LogP contribution >= 0.6 is 0 Å².